The van der Waals surface area contributed by atoms with Gasteiger partial charge in [-0.05, 0) is 12.1 Å². The molecule has 0 aromatic heterocycles. The molecule has 0 saturated heterocycles. The molecule has 1 unspecified atom stereocenters. The highest BCUT2D eigenvalue weighted by atomic mass is 19.4. The van der Waals surface area contributed by atoms with E-state index in [0.29, 0.717) is 12.1 Å². The van der Waals surface area contributed by atoms with E-state index in [9.17, 15) is 22.4 Å². The van der Waals surface area contributed by atoms with E-state index >= 15 is 0 Å². The highest BCUT2D eigenvalue weighted by molar-refractivity contribution is 5.74. The summed E-state index contributed by atoms with van der Waals surface area (Å²) in [4.78, 5) is 10.4. The Morgan fingerprint density at radius 3 is 2.29 bits per heavy atom. The number of carboxylic acid groups (broad SMARTS) is 1. The van der Waals surface area contributed by atoms with Crippen LogP contribution in [-0.2, 0) is 11.0 Å². The molecule has 0 heterocycles. The van der Waals surface area contributed by atoms with Gasteiger partial charge in [0.05, 0.1) is 5.56 Å². The first-order valence-corrected chi connectivity index (χ1v) is 4.21. The van der Waals surface area contributed by atoms with E-state index in [0.717, 1.165) is 0 Å². The Kier molecular flexibility index (Phi) is 3.28. The smallest absolute Gasteiger partial charge is 0.419 e. The largest absolute Gasteiger partial charge is 0.479 e. The Bertz CT molecular complexity index is 458. The van der Waals surface area contributed by atoms with Gasteiger partial charge >= 0.3 is 12.1 Å². The second kappa shape index (κ2) is 4.21. The van der Waals surface area contributed by atoms with Gasteiger partial charge in [0.15, 0.2) is 6.10 Å². The number of nitrogens with two attached hydrogens (primary N) is 1. The van der Waals surface area contributed by atoms with Gasteiger partial charge in [-0.25, -0.2) is 9.18 Å². The van der Waals surface area contributed by atoms with Gasteiger partial charge in [-0.1, -0.05) is 0 Å². The Balaban J connectivity index is 3.44. The highest BCUT2D eigenvalue weighted by Crippen LogP contribution is 2.35. The Hall–Kier alpha value is -1.83. The summed E-state index contributed by atoms with van der Waals surface area (Å²) < 4.78 is 50.4. The summed E-state index contributed by atoms with van der Waals surface area (Å²) in [6, 6.07) is 0.969. The zero-order chi connectivity index (χ0) is 13.4. The van der Waals surface area contributed by atoms with E-state index < -0.39 is 40.9 Å². The van der Waals surface area contributed by atoms with Crippen molar-refractivity contribution in [2.24, 2.45) is 0 Å². The highest BCUT2D eigenvalue weighted by Gasteiger charge is 2.37. The molecule has 0 saturated carbocycles. The zero-order valence-corrected chi connectivity index (χ0v) is 8.12. The fourth-order valence-electron chi connectivity index (χ4n) is 1.21. The van der Waals surface area contributed by atoms with E-state index in [2.05, 4.69) is 0 Å². The average molecular weight is 253 g/mol. The molecule has 0 aliphatic carbocycles. The molecular weight excluding hydrogens is 246 g/mol. The Morgan fingerprint density at radius 1 is 1.35 bits per heavy atom. The van der Waals surface area contributed by atoms with Crippen LogP contribution < -0.4 is 5.73 Å². The molecule has 1 rings (SSSR count). The molecule has 17 heavy (non-hydrogen) atoms. The minimum absolute atomic E-state index is 0.327. The van der Waals surface area contributed by atoms with Gasteiger partial charge < -0.3 is 15.9 Å². The number of aliphatic hydroxyl groups is 1. The lowest BCUT2D eigenvalue weighted by Crippen LogP contribution is -2.17. The van der Waals surface area contributed by atoms with Gasteiger partial charge in [-0.3, -0.25) is 0 Å². The van der Waals surface area contributed by atoms with Crippen molar-refractivity contribution >= 4 is 11.7 Å². The Labute approximate surface area is 92.3 Å². The van der Waals surface area contributed by atoms with Crippen LogP contribution in [0, 0.1) is 5.82 Å². The number of carbonyl (C=O) groups is 1. The number of rotatable bonds is 2. The normalized spacial score (nSPS) is 13.5. The summed E-state index contributed by atoms with van der Waals surface area (Å²) >= 11 is 0. The molecule has 1 atom stereocenters. The van der Waals surface area contributed by atoms with Crippen LogP contribution in [0.1, 0.15) is 17.2 Å². The summed E-state index contributed by atoms with van der Waals surface area (Å²) in [6.45, 7) is 0. The second-order valence-corrected chi connectivity index (χ2v) is 3.21. The molecule has 94 valence electrons. The van der Waals surface area contributed by atoms with Gasteiger partial charge in [0.2, 0.25) is 0 Å². The lowest BCUT2D eigenvalue weighted by Gasteiger charge is -2.14. The fraction of sp³-hybridized carbons (Fsp3) is 0.222. The van der Waals surface area contributed by atoms with Crippen molar-refractivity contribution in [3.8, 4) is 0 Å². The minimum Gasteiger partial charge on any atom is -0.479 e. The van der Waals surface area contributed by atoms with Crippen molar-refractivity contribution in [1.82, 2.24) is 0 Å². The number of aliphatic carboxylic acids is 1. The van der Waals surface area contributed by atoms with Gasteiger partial charge in [0.25, 0.3) is 0 Å². The van der Waals surface area contributed by atoms with Crippen LogP contribution in [0.25, 0.3) is 0 Å². The number of hydrogen-bond donors (Lipinski definition) is 3. The number of aliphatic hydroxyl groups excluding tert-OH is 1. The molecule has 8 heteroatoms. The van der Waals surface area contributed by atoms with Crippen LogP contribution >= 0.6 is 0 Å². The number of carboxylic acids is 1. The van der Waals surface area contributed by atoms with Crippen molar-refractivity contribution in [2.45, 2.75) is 12.3 Å². The van der Waals surface area contributed by atoms with E-state index in [-0.39, 0.29) is 0 Å². The predicted molar refractivity (Wildman–Crippen MR) is 48.4 cm³/mol. The first-order valence-electron chi connectivity index (χ1n) is 4.21. The fourth-order valence-corrected chi connectivity index (χ4v) is 1.21. The quantitative estimate of drug-likeness (QED) is 0.551. The van der Waals surface area contributed by atoms with E-state index in [4.69, 9.17) is 15.9 Å². The number of anilines is 1. The van der Waals surface area contributed by atoms with E-state index in [1.165, 1.54) is 0 Å². The van der Waals surface area contributed by atoms with Crippen LogP contribution in [0.15, 0.2) is 12.1 Å². The van der Waals surface area contributed by atoms with Crippen LogP contribution in [0.5, 0.6) is 0 Å². The number of alkyl halides is 3. The van der Waals surface area contributed by atoms with Crippen molar-refractivity contribution in [1.29, 1.82) is 0 Å². The molecule has 0 radical (unpaired) electrons. The topological polar surface area (TPSA) is 83.5 Å². The third-order valence-corrected chi connectivity index (χ3v) is 1.96. The van der Waals surface area contributed by atoms with Crippen LogP contribution in [0.2, 0.25) is 0 Å². The standard InChI is InChI=1S/C9H7F4NO3/c10-6-4(7(15)8(16)17)1-3(14)2-5(6)9(11,12)13/h1-2,7,15H,14H2,(H,16,17). The maximum atomic E-state index is 13.4. The molecule has 0 fully saturated rings. The predicted octanol–water partition coefficient (Wildman–Crippen LogP) is 1.54. The summed E-state index contributed by atoms with van der Waals surface area (Å²) in [7, 11) is 0. The number of benzene rings is 1. The van der Waals surface area contributed by atoms with Crippen LogP contribution in [-0.4, -0.2) is 16.2 Å². The molecule has 0 amide bonds. The summed E-state index contributed by atoms with van der Waals surface area (Å²) in [5.74, 6) is -3.72. The van der Waals surface area contributed by atoms with Crippen LogP contribution in [0.4, 0.5) is 23.2 Å². The molecule has 0 spiro atoms. The minimum atomic E-state index is -5.02. The van der Waals surface area contributed by atoms with Crippen molar-refractivity contribution < 1.29 is 32.6 Å². The number of halogens is 4. The lowest BCUT2D eigenvalue weighted by molar-refractivity contribution is -0.148. The molecule has 0 aliphatic heterocycles. The third-order valence-electron chi connectivity index (χ3n) is 1.96. The monoisotopic (exact) mass is 253 g/mol. The molecule has 1 aromatic rings. The van der Waals surface area contributed by atoms with Crippen molar-refractivity contribution in [3.63, 3.8) is 0 Å². The molecule has 0 bridgehead atoms. The Morgan fingerprint density at radius 2 is 1.88 bits per heavy atom. The maximum absolute atomic E-state index is 13.4. The van der Waals surface area contributed by atoms with Gasteiger partial charge in [0.1, 0.15) is 5.82 Å². The van der Waals surface area contributed by atoms with Crippen molar-refractivity contribution in [2.75, 3.05) is 5.73 Å². The molecular formula is C9H7F4NO3. The molecule has 4 nitrogen and oxygen atoms in total. The third kappa shape index (κ3) is 2.64. The van der Waals surface area contributed by atoms with E-state index in [1.807, 2.05) is 0 Å². The number of nitrogen functional groups attached to an aromatic ring is 1. The second-order valence-electron chi connectivity index (χ2n) is 3.21. The first kappa shape index (κ1) is 13.2. The summed E-state index contributed by atoms with van der Waals surface area (Å²) in [6.07, 6.45) is -7.42. The van der Waals surface area contributed by atoms with Gasteiger partial charge in [-0.2, -0.15) is 13.2 Å². The van der Waals surface area contributed by atoms with Gasteiger partial charge in [-0.15, -0.1) is 0 Å². The zero-order valence-electron chi connectivity index (χ0n) is 8.12. The van der Waals surface area contributed by atoms with Gasteiger partial charge in [0, 0.05) is 11.3 Å². The average Bonchev–Trinajstić information content (AvgIpc) is 2.18. The SMILES string of the molecule is Nc1cc(C(O)C(=O)O)c(F)c(C(F)(F)F)c1. The van der Waals surface area contributed by atoms with E-state index in [1.54, 1.807) is 0 Å². The van der Waals surface area contributed by atoms with Crippen LogP contribution in [0.3, 0.4) is 0 Å². The summed E-state index contributed by atoms with van der Waals surface area (Å²) in [5, 5.41) is 17.4. The molecule has 0 aliphatic rings. The molecule has 4 N–H and O–H groups in total. The first-order chi connectivity index (χ1) is 7.64. The maximum Gasteiger partial charge on any atom is 0.419 e. The summed E-state index contributed by atoms with van der Waals surface area (Å²) in [5.41, 5.74) is 1.86. The molecule has 1 aromatic carbocycles. The lowest BCUT2D eigenvalue weighted by atomic mass is 10.0. The van der Waals surface area contributed by atoms with Crippen molar-refractivity contribution in [3.05, 3.63) is 29.1 Å². The number of hydrogen-bond acceptors (Lipinski definition) is 3.